The number of aromatic nitrogens is 2. The van der Waals surface area contributed by atoms with Gasteiger partial charge in [0.2, 0.25) is 11.8 Å². The standard InChI is InChI=1S/C24H16F4N4O2S2/c25-13-5-3-6-14(26)21(13)31-19(33)11-35-23-24(30-18-10-2-1-9-17(18)29-23)36-12-20(34)32-22-15(27)7-4-8-16(22)28/h1-10H,11-12H2,(H,31,33)(H,32,34). The van der Waals surface area contributed by atoms with E-state index in [2.05, 4.69) is 20.6 Å². The van der Waals surface area contributed by atoms with Gasteiger partial charge in [-0.3, -0.25) is 9.59 Å². The van der Waals surface area contributed by atoms with E-state index in [1.807, 2.05) is 0 Å². The predicted octanol–water partition coefficient (Wildman–Crippen LogP) is 5.65. The maximum Gasteiger partial charge on any atom is 0.234 e. The summed E-state index contributed by atoms with van der Waals surface area (Å²) in [6.45, 7) is 0. The molecular formula is C24H16F4N4O2S2. The van der Waals surface area contributed by atoms with Crippen molar-refractivity contribution in [2.45, 2.75) is 10.1 Å². The van der Waals surface area contributed by atoms with Gasteiger partial charge in [0.1, 0.15) is 44.7 Å². The second-order valence-corrected chi connectivity index (χ2v) is 9.12. The Bertz CT molecular complexity index is 1310. The first-order chi connectivity index (χ1) is 17.3. The largest absolute Gasteiger partial charge is 0.320 e. The Morgan fingerprint density at radius 2 is 0.972 bits per heavy atom. The van der Waals surface area contributed by atoms with Gasteiger partial charge in [-0.05, 0) is 36.4 Å². The maximum absolute atomic E-state index is 13.8. The quantitative estimate of drug-likeness (QED) is 0.226. The molecule has 6 nitrogen and oxygen atoms in total. The summed E-state index contributed by atoms with van der Waals surface area (Å²) in [5.41, 5.74) is -0.0516. The number of benzene rings is 3. The molecule has 0 unspecified atom stereocenters. The minimum absolute atomic E-state index is 0.249. The molecule has 3 aromatic carbocycles. The van der Waals surface area contributed by atoms with E-state index in [9.17, 15) is 27.2 Å². The van der Waals surface area contributed by atoms with Crippen LogP contribution in [0.15, 0.2) is 70.7 Å². The molecule has 4 rings (SSSR count). The van der Waals surface area contributed by atoms with Crippen molar-refractivity contribution in [3.63, 3.8) is 0 Å². The fraction of sp³-hybridized carbons (Fsp3) is 0.0833. The molecule has 0 atom stereocenters. The van der Waals surface area contributed by atoms with Crippen molar-refractivity contribution in [1.82, 2.24) is 9.97 Å². The van der Waals surface area contributed by atoms with Gasteiger partial charge in [0.25, 0.3) is 0 Å². The van der Waals surface area contributed by atoms with Crippen LogP contribution < -0.4 is 10.6 Å². The molecule has 36 heavy (non-hydrogen) atoms. The van der Waals surface area contributed by atoms with Crippen LogP contribution in [0.2, 0.25) is 0 Å². The van der Waals surface area contributed by atoms with Gasteiger partial charge in [-0.25, -0.2) is 27.5 Å². The third-order valence-electron chi connectivity index (χ3n) is 4.64. The van der Waals surface area contributed by atoms with E-state index in [-0.39, 0.29) is 11.5 Å². The molecular weight excluding hydrogens is 516 g/mol. The highest BCUT2D eigenvalue weighted by Crippen LogP contribution is 2.30. The number of rotatable bonds is 8. The van der Waals surface area contributed by atoms with Crippen LogP contribution in [0.1, 0.15) is 0 Å². The molecule has 12 heteroatoms. The summed E-state index contributed by atoms with van der Waals surface area (Å²) in [4.78, 5) is 33.6. The Labute approximate surface area is 210 Å². The summed E-state index contributed by atoms with van der Waals surface area (Å²) >= 11 is 1.92. The number of para-hydroxylation sites is 4. The second-order valence-electron chi connectivity index (χ2n) is 7.19. The number of carbonyl (C=O) groups excluding carboxylic acids is 2. The van der Waals surface area contributed by atoms with E-state index >= 15 is 0 Å². The number of hydrogen-bond acceptors (Lipinski definition) is 6. The highest BCUT2D eigenvalue weighted by atomic mass is 32.2. The highest BCUT2D eigenvalue weighted by molar-refractivity contribution is 8.02. The molecule has 0 aliphatic carbocycles. The summed E-state index contributed by atoms with van der Waals surface area (Å²) in [7, 11) is 0. The maximum atomic E-state index is 13.8. The SMILES string of the molecule is O=C(CSc1nc2ccccc2nc1SCC(=O)Nc1c(F)cccc1F)Nc1c(F)cccc1F. The number of thioether (sulfide) groups is 2. The van der Waals surface area contributed by atoms with Crippen molar-refractivity contribution in [3.05, 3.63) is 83.9 Å². The van der Waals surface area contributed by atoms with E-state index in [4.69, 9.17) is 0 Å². The lowest BCUT2D eigenvalue weighted by atomic mass is 10.3. The molecule has 0 aliphatic rings. The molecule has 0 bridgehead atoms. The monoisotopic (exact) mass is 532 g/mol. The second kappa shape index (κ2) is 11.4. The topological polar surface area (TPSA) is 84.0 Å². The van der Waals surface area contributed by atoms with E-state index in [0.717, 1.165) is 47.8 Å². The molecule has 2 N–H and O–H groups in total. The molecule has 0 saturated carbocycles. The molecule has 0 aliphatic heterocycles. The van der Waals surface area contributed by atoms with Crippen molar-refractivity contribution in [1.29, 1.82) is 0 Å². The average molecular weight is 533 g/mol. The third-order valence-corrected chi connectivity index (χ3v) is 6.70. The lowest BCUT2D eigenvalue weighted by Gasteiger charge is -2.11. The highest BCUT2D eigenvalue weighted by Gasteiger charge is 2.17. The van der Waals surface area contributed by atoms with Gasteiger partial charge in [0.15, 0.2) is 0 Å². The summed E-state index contributed by atoms with van der Waals surface area (Å²) in [5.74, 6) is -5.49. The summed E-state index contributed by atoms with van der Waals surface area (Å²) in [6.07, 6.45) is 0. The van der Waals surface area contributed by atoms with Crippen LogP contribution in [-0.2, 0) is 9.59 Å². The molecule has 2 amide bonds. The zero-order valence-electron chi connectivity index (χ0n) is 18.2. The minimum atomic E-state index is -0.910. The normalized spacial score (nSPS) is 10.9. The van der Waals surface area contributed by atoms with Gasteiger partial charge in [0.05, 0.1) is 22.5 Å². The van der Waals surface area contributed by atoms with Crippen LogP contribution in [0.25, 0.3) is 11.0 Å². The van der Waals surface area contributed by atoms with Gasteiger partial charge in [-0.15, -0.1) is 0 Å². The molecule has 1 heterocycles. The lowest BCUT2D eigenvalue weighted by Crippen LogP contribution is -2.17. The van der Waals surface area contributed by atoms with Gasteiger partial charge < -0.3 is 10.6 Å². The lowest BCUT2D eigenvalue weighted by molar-refractivity contribution is -0.114. The number of amides is 2. The first-order valence-electron chi connectivity index (χ1n) is 10.3. The third kappa shape index (κ3) is 6.13. The van der Waals surface area contributed by atoms with E-state index in [1.54, 1.807) is 24.3 Å². The summed E-state index contributed by atoms with van der Waals surface area (Å²) in [5, 5.41) is 4.98. The van der Waals surface area contributed by atoms with Crippen molar-refractivity contribution < 1.29 is 27.2 Å². The zero-order valence-corrected chi connectivity index (χ0v) is 19.9. The van der Waals surface area contributed by atoms with Crippen LogP contribution >= 0.6 is 23.5 Å². The predicted molar refractivity (Wildman–Crippen MR) is 131 cm³/mol. The van der Waals surface area contributed by atoms with Crippen LogP contribution in [0.5, 0.6) is 0 Å². The molecule has 0 radical (unpaired) electrons. The Morgan fingerprint density at radius 1 is 0.611 bits per heavy atom. The molecule has 4 aromatic rings. The van der Waals surface area contributed by atoms with Gasteiger partial charge in [0, 0.05) is 0 Å². The number of nitrogens with one attached hydrogen (secondary N) is 2. The molecule has 184 valence electrons. The van der Waals surface area contributed by atoms with E-state index in [0.29, 0.717) is 21.1 Å². The van der Waals surface area contributed by atoms with Crippen molar-refractivity contribution in [3.8, 4) is 0 Å². The fourth-order valence-corrected chi connectivity index (χ4v) is 4.71. The minimum Gasteiger partial charge on any atom is -0.320 e. The first-order valence-corrected chi connectivity index (χ1v) is 12.3. The number of halogens is 4. The van der Waals surface area contributed by atoms with Crippen LogP contribution in [0.3, 0.4) is 0 Å². The summed E-state index contributed by atoms with van der Waals surface area (Å²) < 4.78 is 55.3. The molecule has 0 spiro atoms. The van der Waals surface area contributed by atoms with Crippen LogP contribution in [-0.4, -0.2) is 33.3 Å². The summed E-state index contributed by atoms with van der Waals surface area (Å²) in [6, 6.07) is 13.4. The Balaban J connectivity index is 1.48. The fourth-order valence-electron chi connectivity index (χ4n) is 3.01. The van der Waals surface area contributed by atoms with Crippen molar-refractivity contribution in [2.24, 2.45) is 0 Å². The van der Waals surface area contributed by atoms with Gasteiger partial charge in [-0.2, -0.15) is 0 Å². The number of fused-ring (bicyclic) bond motifs is 1. The van der Waals surface area contributed by atoms with Crippen LogP contribution in [0.4, 0.5) is 28.9 Å². The van der Waals surface area contributed by atoms with Crippen molar-refractivity contribution >= 4 is 57.7 Å². The number of carbonyl (C=O) groups is 2. The zero-order chi connectivity index (χ0) is 25.7. The number of hydrogen-bond donors (Lipinski definition) is 2. The Kier molecular flexibility index (Phi) is 8.06. The number of nitrogens with zero attached hydrogens (tertiary/aromatic N) is 2. The van der Waals surface area contributed by atoms with Crippen molar-refractivity contribution in [2.75, 3.05) is 22.1 Å². The molecule has 0 fully saturated rings. The average Bonchev–Trinajstić information content (AvgIpc) is 2.86. The molecule has 1 aromatic heterocycles. The van der Waals surface area contributed by atoms with Gasteiger partial charge >= 0.3 is 0 Å². The Hall–Kier alpha value is -3.64. The molecule has 0 saturated heterocycles. The van der Waals surface area contributed by atoms with Crippen LogP contribution in [0, 0.1) is 23.3 Å². The Morgan fingerprint density at radius 3 is 1.33 bits per heavy atom. The first kappa shape index (κ1) is 25.5. The number of anilines is 2. The van der Waals surface area contributed by atoms with E-state index < -0.39 is 46.5 Å². The van der Waals surface area contributed by atoms with Gasteiger partial charge in [-0.1, -0.05) is 47.8 Å². The smallest absolute Gasteiger partial charge is 0.234 e. The van der Waals surface area contributed by atoms with E-state index in [1.165, 1.54) is 12.1 Å².